The zero-order chi connectivity index (χ0) is 20.5. The number of aryl methyl sites for hydroxylation is 2. The first-order chi connectivity index (χ1) is 13.2. The van der Waals surface area contributed by atoms with Crippen LogP contribution in [0.5, 0.6) is 0 Å². The lowest BCUT2D eigenvalue weighted by molar-refractivity contribution is 0.102. The minimum Gasteiger partial charge on any atom is -0.307 e. The number of amides is 1. The minimum atomic E-state index is -3.90. The topological polar surface area (TPSA) is 93.1 Å². The van der Waals surface area contributed by atoms with Gasteiger partial charge < -0.3 is 5.32 Å². The number of hydrogen-bond donors (Lipinski definition) is 2. The lowest BCUT2D eigenvalue weighted by atomic mass is 10.2. The lowest BCUT2D eigenvalue weighted by Gasteiger charge is -2.10. The summed E-state index contributed by atoms with van der Waals surface area (Å²) in [7, 11) is -2.18. The van der Waals surface area contributed by atoms with Crippen molar-refractivity contribution in [2.75, 3.05) is 10.0 Å². The molecule has 0 saturated carbocycles. The number of sulfonamides is 1. The van der Waals surface area contributed by atoms with Gasteiger partial charge in [0.15, 0.2) is 0 Å². The molecule has 2 aromatic carbocycles. The highest BCUT2D eigenvalue weighted by molar-refractivity contribution is 7.92. The number of halogens is 2. The number of aromatic nitrogens is 2. The van der Waals surface area contributed by atoms with Crippen molar-refractivity contribution in [3.63, 3.8) is 0 Å². The highest BCUT2D eigenvalue weighted by atomic mass is 35.5. The van der Waals surface area contributed by atoms with Crippen LogP contribution in [-0.2, 0) is 17.1 Å². The van der Waals surface area contributed by atoms with E-state index in [4.69, 9.17) is 23.2 Å². The summed E-state index contributed by atoms with van der Waals surface area (Å²) >= 11 is 11.7. The van der Waals surface area contributed by atoms with Crippen LogP contribution in [-0.4, -0.2) is 24.1 Å². The Morgan fingerprint density at radius 3 is 2.46 bits per heavy atom. The van der Waals surface area contributed by atoms with E-state index in [0.717, 1.165) is 5.69 Å². The summed E-state index contributed by atoms with van der Waals surface area (Å²) < 4.78 is 29.1. The van der Waals surface area contributed by atoms with Gasteiger partial charge in [0.2, 0.25) is 0 Å². The molecule has 0 atom stereocenters. The number of nitrogens with zero attached hydrogens (tertiary/aromatic N) is 2. The van der Waals surface area contributed by atoms with Crippen LogP contribution in [0.1, 0.15) is 16.1 Å². The molecule has 3 rings (SSSR count). The first-order valence-electron chi connectivity index (χ1n) is 8.05. The predicted octanol–water partition coefficient (Wildman–Crippen LogP) is 4.09. The van der Waals surface area contributed by atoms with Crippen molar-refractivity contribution in [3.8, 4) is 0 Å². The average molecular weight is 439 g/mol. The second kappa shape index (κ2) is 7.83. The van der Waals surface area contributed by atoms with E-state index in [0.29, 0.717) is 5.82 Å². The number of carbonyl (C=O) groups is 1. The van der Waals surface area contributed by atoms with E-state index in [1.54, 1.807) is 36.0 Å². The SMILES string of the molecule is Cc1cc(NC(=O)c2cccc(NS(=O)(=O)c3ccc(Cl)c(Cl)c3)c2)n(C)n1. The number of rotatable bonds is 5. The second-order valence-electron chi connectivity index (χ2n) is 6.01. The smallest absolute Gasteiger partial charge is 0.261 e. The summed E-state index contributed by atoms with van der Waals surface area (Å²) in [6.45, 7) is 1.81. The monoisotopic (exact) mass is 438 g/mol. The van der Waals surface area contributed by atoms with E-state index < -0.39 is 15.9 Å². The molecule has 0 fully saturated rings. The fourth-order valence-corrected chi connectivity index (χ4v) is 3.94. The Hall–Kier alpha value is -2.55. The van der Waals surface area contributed by atoms with Crippen molar-refractivity contribution in [1.29, 1.82) is 0 Å². The highest BCUT2D eigenvalue weighted by Gasteiger charge is 2.17. The van der Waals surface area contributed by atoms with Crippen LogP contribution in [0, 0.1) is 6.92 Å². The number of anilines is 2. The van der Waals surface area contributed by atoms with E-state index in [-0.39, 0.29) is 26.2 Å². The molecule has 1 heterocycles. The van der Waals surface area contributed by atoms with E-state index in [9.17, 15) is 13.2 Å². The van der Waals surface area contributed by atoms with Crippen LogP contribution in [0.4, 0.5) is 11.5 Å². The Balaban J connectivity index is 1.81. The van der Waals surface area contributed by atoms with Crippen LogP contribution in [0.15, 0.2) is 53.4 Å². The summed E-state index contributed by atoms with van der Waals surface area (Å²) in [5.74, 6) is 0.142. The van der Waals surface area contributed by atoms with Gasteiger partial charge in [0, 0.05) is 24.4 Å². The van der Waals surface area contributed by atoms with Gasteiger partial charge in [-0.05, 0) is 43.3 Å². The Morgan fingerprint density at radius 2 is 1.82 bits per heavy atom. The van der Waals surface area contributed by atoms with Gasteiger partial charge in [0.25, 0.3) is 15.9 Å². The number of hydrogen-bond acceptors (Lipinski definition) is 4. The van der Waals surface area contributed by atoms with E-state index >= 15 is 0 Å². The third-order valence-corrected chi connectivity index (χ3v) is 5.94. The fourth-order valence-electron chi connectivity index (χ4n) is 2.50. The van der Waals surface area contributed by atoms with Gasteiger partial charge in [-0.2, -0.15) is 5.10 Å². The van der Waals surface area contributed by atoms with Crippen molar-refractivity contribution in [1.82, 2.24) is 9.78 Å². The molecule has 3 aromatic rings. The van der Waals surface area contributed by atoms with Crippen LogP contribution in [0.2, 0.25) is 10.0 Å². The summed E-state index contributed by atoms with van der Waals surface area (Å²) in [5, 5.41) is 7.28. The quantitative estimate of drug-likeness (QED) is 0.627. The molecule has 0 aliphatic heterocycles. The third-order valence-electron chi connectivity index (χ3n) is 3.82. The Kier molecular flexibility index (Phi) is 5.64. The zero-order valence-corrected chi connectivity index (χ0v) is 17.2. The Morgan fingerprint density at radius 1 is 1.07 bits per heavy atom. The number of benzene rings is 2. The maximum absolute atomic E-state index is 12.6. The normalized spacial score (nSPS) is 11.3. The van der Waals surface area contributed by atoms with Crippen LogP contribution < -0.4 is 10.0 Å². The Bertz CT molecular complexity index is 1160. The molecule has 146 valence electrons. The fraction of sp³-hybridized carbons (Fsp3) is 0.111. The van der Waals surface area contributed by atoms with Crippen molar-refractivity contribution < 1.29 is 13.2 Å². The first-order valence-corrected chi connectivity index (χ1v) is 10.3. The van der Waals surface area contributed by atoms with E-state index in [1.807, 2.05) is 6.92 Å². The van der Waals surface area contributed by atoms with Gasteiger partial charge in [0.05, 0.1) is 20.6 Å². The molecule has 1 aromatic heterocycles. The molecule has 28 heavy (non-hydrogen) atoms. The minimum absolute atomic E-state index is 0.0397. The van der Waals surface area contributed by atoms with Crippen molar-refractivity contribution in [2.45, 2.75) is 11.8 Å². The maximum Gasteiger partial charge on any atom is 0.261 e. The van der Waals surface area contributed by atoms with Gasteiger partial charge in [-0.1, -0.05) is 29.3 Å². The summed E-state index contributed by atoms with van der Waals surface area (Å²) in [4.78, 5) is 12.4. The molecule has 0 bridgehead atoms. The van der Waals surface area contributed by atoms with Gasteiger partial charge in [-0.15, -0.1) is 0 Å². The molecule has 0 aliphatic rings. The van der Waals surface area contributed by atoms with Crippen molar-refractivity contribution in [3.05, 3.63) is 69.8 Å². The molecule has 2 N–H and O–H groups in total. The molecule has 0 radical (unpaired) electrons. The van der Waals surface area contributed by atoms with Gasteiger partial charge >= 0.3 is 0 Å². The number of nitrogens with one attached hydrogen (secondary N) is 2. The molecule has 10 heteroatoms. The molecule has 0 unspecified atom stereocenters. The van der Waals surface area contributed by atoms with Crippen LogP contribution in [0.3, 0.4) is 0 Å². The zero-order valence-electron chi connectivity index (χ0n) is 14.9. The van der Waals surface area contributed by atoms with Crippen LogP contribution >= 0.6 is 23.2 Å². The largest absolute Gasteiger partial charge is 0.307 e. The van der Waals surface area contributed by atoms with Crippen molar-refractivity contribution >= 4 is 50.6 Å². The summed E-state index contributed by atoms with van der Waals surface area (Å²) in [6, 6.07) is 11.9. The van der Waals surface area contributed by atoms with Gasteiger partial charge in [0.1, 0.15) is 5.82 Å². The van der Waals surface area contributed by atoms with Crippen LogP contribution in [0.25, 0.3) is 0 Å². The predicted molar refractivity (Wildman–Crippen MR) is 110 cm³/mol. The molecule has 7 nitrogen and oxygen atoms in total. The summed E-state index contributed by atoms with van der Waals surface area (Å²) in [6.07, 6.45) is 0. The number of carbonyl (C=O) groups excluding carboxylic acids is 1. The van der Waals surface area contributed by atoms with Gasteiger partial charge in [-0.3, -0.25) is 14.2 Å². The van der Waals surface area contributed by atoms with Crippen molar-refractivity contribution in [2.24, 2.45) is 7.05 Å². The van der Waals surface area contributed by atoms with E-state index in [2.05, 4.69) is 15.1 Å². The standard InChI is InChI=1S/C18H16Cl2N4O3S/c1-11-8-17(24(2)22-11)21-18(25)12-4-3-5-13(9-12)23-28(26,27)14-6-7-15(19)16(20)10-14/h3-10,23H,1-2H3,(H,21,25). The van der Waals surface area contributed by atoms with E-state index in [1.165, 1.54) is 24.3 Å². The lowest BCUT2D eigenvalue weighted by Crippen LogP contribution is -2.16. The third kappa shape index (κ3) is 4.46. The molecule has 0 aliphatic carbocycles. The second-order valence-corrected chi connectivity index (χ2v) is 8.51. The average Bonchev–Trinajstić information content (AvgIpc) is 2.94. The van der Waals surface area contributed by atoms with Gasteiger partial charge in [-0.25, -0.2) is 8.42 Å². The molecular formula is C18H16Cl2N4O3S. The summed E-state index contributed by atoms with van der Waals surface area (Å²) in [5.41, 5.74) is 1.29. The molecule has 0 spiro atoms. The maximum atomic E-state index is 12.6. The highest BCUT2D eigenvalue weighted by Crippen LogP contribution is 2.26. The Labute approximate surface area is 172 Å². The first kappa shape index (κ1) is 20.2. The molecular weight excluding hydrogens is 423 g/mol. The molecule has 0 saturated heterocycles. The molecule has 1 amide bonds.